The minimum absolute atomic E-state index is 0. The van der Waals surface area contributed by atoms with Gasteiger partial charge in [-0.15, -0.1) is 6.42 Å². The molecule has 0 atom stereocenters. The van der Waals surface area contributed by atoms with E-state index in [1.807, 2.05) is 143 Å². The summed E-state index contributed by atoms with van der Waals surface area (Å²) in [6.45, 7) is 15.9. The van der Waals surface area contributed by atoms with Gasteiger partial charge in [0.2, 0.25) is 17.3 Å². The van der Waals surface area contributed by atoms with Gasteiger partial charge >= 0.3 is 133 Å². The molecule has 8 aromatic rings. The molecule has 1 fully saturated rings. The predicted octanol–water partition coefficient (Wildman–Crippen LogP) is 16.7. The van der Waals surface area contributed by atoms with Crippen LogP contribution in [-0.2, 0) is 43.1 Å². The maximum absolute atomic E-state index is 12.2. The van der Waals surface area contributed by atoms with Crippen molar-refractivity contribution in [3.8, 4) is 24.2 Å². The number of nitrogens with two attached hydrogens (primary N) is 2. The van der Waals surface area contributed by atoms with E-state index < -0.39 is 97.5 Å². The molecule has 0 aromatic heterocycles. The second-order valence-corrected chi connectivity index (χ2v) is 35.0. The third-order valence-corrected chi connectivity index (χ3v) is 21.0. The second-order valence-electron chi connectivity index (χ2n) is 30.4. The molecular formula is C103H125Br5F13K2N9O17. The van der Waals surface area contributed by atoms with Crippen molar-refractivity contribution in [1.29, 1.82) is 0 Å². The summed E-state index contributed by atoms with van der Waals surface area (Å²) in [5, 5.41) is 51.4. The Morgan fingerprint density at radius 3 is 1.05 bits per heavy atom. The minimum atomic E-state index is -4.85. The fourth-order valence-electron chi connectivity index (χ4n) is 12.0. The summed E-state index contributed by atoms with van der Waals surface area (Å²) in [7, 11) is -1.00. The quantitative estimate of drug-likeness (QED) is 0.00171. The summed E-state index contributed by atoms with van der Waals surface area (Å²) < 4.78 is 170. The van der Waals surface area contributed by atoms with Gasteiger partial charge < -0.3 is 79.2 Å². The number of Topliss-reactive ketones (excluding diaryl/α,β-unsaturated/α-hetero) is 3. The van der Waals surface area contributed by atoms with Gasteiger partial charge in [0, 0.05) is 147 Å². The van der Waals surface area contributed by atoms with E-state index in [0.29, 0.717) is 85.4 Å². The standard InChI is InChI=1S/C20H26F3NO2.C16H13BrN2O2.2C11H11BrF3NO.C10H7NO3.C9H16O.C8H11BrN2.C6H6BrN.C4H5F3O2.C4H8O.C2H6O.CH3F.CH2O3.2K.H/c1-3-11-19(26,12-4-2)13-10-16-7-5-8-17(15-16)24-14-6-9-18(25)20(21,22)23;17-11-4-3-5-12(10-11)18-8-9-19-15(20)13-6-1-2-7-14(13)16(19)21;2*12-8-3-1-4-9(7-8)16-6-2-5-10(17)11(13,14)15;12-6-5-11-9(13)7-3-1-2-4-8(7)10(11)14;1-4-7-9(10,6-3)8-5-2;9-7-2-1-3-8(6-7)11-5-4-10;7-5-2-1-3-6(8)4-5;1-2-9-3(8)4(5,6)7;1-2-4-5-3-1;1-2-3;1-2;2-1-4-3;;;/h5,7-8,15,24,26H,3-4,6,9,11-12,14H2,1-2H3;1-7,10,18H,8-9H2;2*1,3-4,7,16H,2,5-6H2;1-4,6H,5H2;3,10H,4-5,7-8H2,1-2H3;1-3,6,11H,4-5,10H2;1-4H,8H2;2H2,1H3;1-4H2;3H,2H2,1H3;1H3;1,3H;;;/q;;;;;;;;;;;;;2*+1;-1/p-1/i;;;;;;;;;;;1D;;;;. The van der Waals surface area contributed by atoms with Gasteiger partial charge in [0.1, 0.15) is 17.5 Å². The van der Waals surface area contributed by atoms with Gasteiger partial charge in [0.15, 0.2) is 0 Å². The number of nitrogen functional groups attached to an aromatic ring is 1. The van der Waals surface area contributed by atoms with Crippen LogP contribution in [0.25, 0.3) is 0 Å². The summed E-state index contributed by atoms with van der Waals surface area (Å²) >= 11 is 16.6. The van der Waals surface area contributed by atoms with Crippen LogP contribution in [0.2, 0.25) is 0 Å². The predicted molar refractivity (Wildman–Crippen MR) is 560 cm³/mol. The number of ketones is 3. The molecule has 0 bridgehead atoms. The maximum Gasteiger partial charge on any atom is 1.00 e. The third kappa shape index (κ3) is 68.1. The summed E-state index contributed by atoms with van der Waals surface area (Å²) in [6.07, 6.45) is -5.62. The first-order valence-electron chi connectivity index (χ1n) is 46.3. The topological polar surface area (TPSA) is 401 Å². The van der Waals surface area contributed by atoms with E-state index in [2.05, 4.69) is 134 Å². The smallest absolute Gasteiger partial charge is 1.00 e. The molecule has 0 aliphatic carbocycles. The molecule has 3 heterocycles. The maximum atomic E-state index is 12.2. The van der Waals surface area contributed by atoms with Gasteiger partial charge in [0.25, 0.3) is 30.1 Å². The first kappa shape index (κ1) is 145. The van der Waals surface area contributed by atoms with Gasteiger partial charge in [-0.25, -0.2) is 4.79 Å². The number of hydrogen-bond acceptors (Lipinski definition) is 24. The van der Waals surface area contributed by atoms with E-state index in [9.17, 15) is 110 Å². The van der Waals surface area contributed by atoms with Gasteiger partial charge in [-0.1, -0.05) is 211 Å². The zero-order valence-corrected chi connectivity index (χ0v) is 97.8. The normalized spacial score (nSPS) is 11.7. The van der Waals surface area contributed by atoms with Crippen LogP contribution in [0.3, 0.4) is 0 Å². The number of fused-ring (bicyclic) bond motifs is 2. The number of esters is 1. The van der Waals surface area contributed by atoms with Gasteiger partial charge in [-0.05, 0) is 205 Å². The number of nitrogens with zero attached hydrogens (tertiary/aromatic N) is 2. The molecule has 1 saturated heterocycles. The molecule has 46 heteroatoms. The van der Waals surface area contributed by atoms with Crippen molar-refractivity contribution < 1.29 is 246 Å². The monoisotopic (exact) mass is 2480 g/mol. The van der Waals surface area contributed by atoms with E-state index in [-0.39, 0.29) is 168 Å². The van der Waals surface area contributed by atoms with Crippen molar-refractivity contribution in [2.45, 2.75) is 180 Å². The van der Waals surface area contributed by atoms with Crippen LogP contribution in [0, 0.1) is 24.2 Å². The Bertz CT molecular complexity index is 5190. The van der Waals surface area contributed by atoms with Crippen molar-refractivity contribution >= 4 is 173 Å². The van der Waals surface area contributed by atoms with E-state index in [0.717, 1.165) is 114 Å². The molecule has 3 aliphatic heterocycles. The Morgan fingerprint density at radius 1 is 0.490 bits per heavy atom. The molecule has 12 N–H and O–H groups in total. The molecule has 3 aliphatic rings. The Kier molecular flexibility index (Phi) is 82.4. The number of alkyl halides is 13. The van der Waals surface area contributed by atoms with Crippen LogP contribution in [0.5, 0.6) is 0 Å². The van der Waals surface area contributed by atoms with Gasteiger partial charge in [-0.3, -0.25) is 52.5 Å². The number of amides is 4. The van der Waals surface area contributed by atoms with E-state index in [4.69, 9.17) is 39.2 Å². The van der Waals surface area contributed by atoms with Gasteiger partial charge in [-0.2, -0.15) is 52.7 Å². The van der Waals surface area contributed by atoms with Crippen molar-refractivity contribution in [3.63, 3.8) is 0 Å². The molecule has 26 nitrogen and oxygen atoms in total. The zero-order valence-electron chi connectivity index (χ0n) is 85.6. The van der Waals surface area contributed by atoms with E-state index >= 15 is 0 Å². The fourth-order valence-corrected chi connectivity index (χ4v) is 14.0. The number of halogens is 18. The Balaban J connectivity index is -0.000000528. The van der Waals surface area contributed by atoms with Crippen LogP contribution >= 0.6 is 79.6 Å². The number of terminal acetylenes is 1. The van der Waals surface area contributed by atoms with Crippen molar-refractivity contribution in [2.24, 2.45) is 5.73 Å². The van der Waals surface area contributed by atoms with Crippen molar-refractivity contribution in [1.82, 2.24) is 9.80 Å². The number of carbonyl (C=O) groups is 10. The number of carbonyl (C=O) groups excluding carboxylic acids is 10. The number of rotatable bonds is 34. The Morgan fingerprint density at radius 2 is 0.792 bits per heavy atom. The molecule has 0 unspecified atom stereocenters. The van der Waals surface area contributed by atoms with Crippen LogP contribution in [0.4, 0.5) is 91.2 Å². The first-order valence-corrected chi connectivity index (χ1v) is 49.5. The van der Waals surface area contributed by atoms with Gasteiger partial charge in [0.05, 0.1) is 43.9 Å². The van der Waals surface area contributed by atoms with Crippen LogP contribution in [0.15, 0.2) is 216 Å². The average Bonchev–Trinajstić information content (AvgIpc) is 1.64. The molecule has 4 amide bonds. The van der Waals surface area contributed by atoms with Crippen LogP contribution in [-0.4, -0.2) is 207 Å². The number of aliphatic hydroxyl groups is 3. The number of benzene rings is 8. The summed E-state index contributed by atoms with van der Waals surface area (Å²) in [6, 6.07) is 58.5. The number of anilines is 6. The second kappa shape index (κ2) is 84.5. The molecule has 11 rings (SSSR count). The SMILES string of the molecule is C#CC(O)(CCC)CCC.C1CCOC1.CCCC(O)(C#Cc1cccc(NCCCC(=O)C(F)(F)F)c1)CCC.CCO.CCOC(=O)C(F)(F)F.NCCNc1cccc(Br)c1.Nc1cccc(Br)c1.O=C(CCCNc1cccc(Br)c1)C(F)(F)F.O=C(CCCNc1cccc(Br)c1)C(F)(F)F.O=C1c2ccccc2C(=O)N1CCNc1cccc(Br)c1.O=CCN1C(=O)c2ccccc2C1=O.O=CO[O-].[2H]CF.[H-].[K+].[K+]. The number of aliphatic hydroxyl groups excluding tert-OH is 1. The Labute approximate surface area is 990 Å². The van der Waals surface area contributed by atoms with Crippen molar-refractivity contribution in [3.05, 3.63) is 244 Å². The molecule has 0 spiro atoms. The number of aldehydes is 1. The summed E-state index contributed by atoms with van der Waals surface area (Å²) in [5.41, 5.74) is 16.5. The first-order chi connectivity index (χ1) is 69.9. The molecular weight excluding hydrogens is 2360 g/mol. The fraction of sp³-hybridized carbons (Fsp3) is 0.398. The number of ether oxygens (including phenoxy) is 2. The molecule has 8 aromatic carbocycles. The number of nitrogens with one attached hydrogen (secondary N) is 5. The molecule has 149 heavy (non-hydrogen) atoms. The molecule has 0 saturated carbocycles. The average molecular weight is 2490 g/mol. The zero-order chi connectivity index (χ0) is 112. The van der Waals surface area contributed by atoms with E-state index in [1.165, 1.54) is 24.7 Å². The van der Waals surface area contributed by atoms with Crippen LogP contribution < -0.4 is 146 Å². The Hall–Kier alpha value is -7.90. The third-order valence-electron chi connectivity index (χ3n) is 18.6. The largest absolute Gasteiger partial charge is 1.00 e. The minimum Gasteiger partial charge on any atom is -1.00 e. The summed E-state index contributed by atoms with van der Waals surface area (Å²) in [5.74, 6) is -0.0322. The number of hydrogen-bond donors (Lipinski definition) is 10. The van der Waals surface area contributed by atoms with Crippen LogP contribution in [0.1, 0.15) is 194 Å². The molecule has 812 valence electrons. The molecule has 0 radical (unpaired) electrons. The number of imide groups is 2. The van der Waals surface area contributed by atoms with E-state index in [1.54, 1.807) is 85.8 Å². The summed E-state index contributed by atoms with van der Waals surface area (Å²) in [4.78, 5) is 113. The van der Waals surface area contributed by atoms with Crippen molar-refractivity contribution in [2.75, 3.05) is 118 Å².